The lowest BCUT2D eigenvalue weighted by molar-refractivity contribution is -0.147. The van der Waals surface area contributed by atoms with Crippen LogP contribution in [0.25, 0.3) is 21.1 Å². The maximum Gasteiger partial charge on any atom is 0.251 e. The molecule has 4 aromatic rings. The molecule has 14 N–H and O–H groups in total. The van der Waals surface area contributed by atoms with Gasteiger partial charge in [0.2, 0.25) is 35.4 Å². The summed E-state index contributed by atoms with van der Waals surface area (Å²) < 4.78 is 5.20. The standard InChI is InChI=1S/C58H76N12O15S/c1-29-26-70-48(49(29)77)54(82)60-25-37(72)23-39(61-50(78)32-7-9-33(10-8-32)55-65-66-56(86-55)34-11-13-35(14-12-34)68-20-19-67-18-4-5-36(67)27-68)51(79)62-45(30(2)71)57(83)69-28-38(73)24-40(69)52(80)63-46(53(81)64-47(58(70)84)42(75)16-17-59)43(76)21-31-6-15-41(74)44(22-31)85-3/h6-15,22,29-30,36-40,42-43,45-49,71-77H,4-5,16-21,23-28,59H2,1-3H3,(H,60,82)(H,61,78)(H,62,79)(H,63,80)(H,64,81)/t29-,30+,36?,37+,38+,39-,40-,42+,43+,45-,46-,47-,48-,49-/m0/s1. The number of carbonyl (C=O) groups is 7. The van der Waals surface area contributed by atoms with Crippen molar-refractivity contribution >= 4 is 58.4 Å². The first-order valence-electron chi connectivity index (χ1n) is 28.9. The molecule has 5 fully saturated rings. The minimum atomic E-state index is -2.02. The molecule has 14 atom stereocenters. The van der Waals surface area contributed by atoms with E-state index in [9.17, 15) is 69.3 Å². The molecule has 1 unspecified atom stereocenters. The zero-order chi connectivity index (χ0) is 61.7. The predicted molar refractivity (Wildman–Crippen MR) is 311 cm³/mol. The van der Waals surface area contributed by atoms with Crippen LogP contribution < -0.4 is 42.0 Å². The first kappa shape index (κ1) is 63.1. The van der Waals surface area contributed by atoms with Crippen LogP contribution in [0.2, 0.25) is 0 Å². The minimum Gasteiger partial charge on any atom is -0.504 e. The number of aliphatic hydroxyl groups is 6. The minimum absolute atomic E-state index is 0.00145. The number of hydrogen-bond donors (Lipinski definition) is 13. The number of nitrogens with one attached hydrogen (secondary N) is 5. The fourth-order valence-corrected chi connectivity index (χ4v) is 12.8. The molecule has 0 spiro atoms. The van der Waals surface area contributed by atoms with Gasteiger partial charge in [-0.3, -0.25) is 38.5 Å². The highest BCUT2D eigenvalue weighted by atomic mass is 32.1. The molecule has 5 aliphatic rings. The average Bonchev–Trinajstić information content (AvgIpc) is 3.24. The number of fused-ring (bicyclic) bond motifs is 3. The topological polar surface area (TPSA) is 395 Å². The van der Waals surface area contributed by atoms with Gasteiger partial charge in [0.25, 0.3) is 5.91 Å². The third-order valence-electron chi connectivity index (χ3n) is 16.8. The van der Waals surface area contributed by atoms with Crippen molar-refractivity contribution < 1.29 is 74.0 Å². The monoisotopic (exact) mass is 1210 g/mol. The number of carbonyl (C=O) groups excluding carboxylic acids is 7. The van der Waals surface area contributed by atoms with Gasteiger partial charge in [-0.1, -0.05) is 36.5 Å². The van der Waals surface area contributed by atoms with E-state index in [1.165, 1.54) is 61.6 Å². The predicted octanol–water partition coefficient (Wildman–Crippen LogP) is -2.83. The van der Waals surface area contributed by atoms with Crippen LogP contribution in [0.15, 0.2) is 66.7 Å². The molecule has 1 aromatic heterocycles. The van der Waals surface area contributed by atoms with E-state index >= 15 is 0 Å². The van der Waals surface area contributed by atoms with E-state index in [0.717, 1.165) is 54.2 Å². The number of nitrogens with two attached hydrogens (primary N) is 1. The highest BCUT2D eigenvalue weighted by Gasteiger charge is 2.50. The largest absolute Gasteiger partial charge is 0.504 e. The number of hydrogen-bond acceptors (Lipinski definition) is 21. The van der Waals surface area contributed by atoms with Crippen molar-refractivity contribution in [3.63, 3.8) is 0 Å². The number of benzene rings is 3. The molecule has 5 aliphatic heterocycles. The molecular weight excluding hydrogens is 1140 g/mol. The summed E-state index contributed by atoms with van der Waals surface area (Å²) >= 11 is 1.35. The summed E-state index contributed by atoms with van der Waals surface area (Å²) in [6, 6.07) is 8.22. The van der Waals surface area contributed by atoms with Crippen LogP contribution in [0, 0.1) is 5.92 Å². The number of aromatic nitrogens is 2. The zero-order valence-electron chi connectivity index (χ0n) is 47.9. The zero-order valence-corrected chi connectivity index (χ0v) is 48.7. The summed E-state index contributed by atoms with van der Waals surface area (Å²) in [6.45, 7) is 5.22. The van der Waals surface area contributed by atoms with Crippen LogP contribution in [0.5, 0.6) is 11.5 Å². The Hall–Kier alpha value is -7.41. The van der Waals surface area contributed by atoms with E-state index in [1.807, 2.05) is 12.1 Å². The number of anilines is 1. The number of aliphatic hydroxyl groups excluding tert-OH is 6. The number of methoxy groups -OCH3 is 1. The second kappa shape index (κ2) is 27.5. The Morgan fingerprint density at radius 2 is 1.43 bits per heavy atom. The van der Waals surface area contributed by atoms with Crippen molar-refractivity contribution in [1.82, 2.24) is 51.5 Å². The number of nitrogens with zero attached hydrogens (tertiary/aromatic N) is 6. The Morgan fingerprint density at radius 1 is 0.767 bits per heavy atom. The Bertz CT molecular complexity index is 3100. The molecule has 5 saturated heterocycles. The lowest BCUT2D eigenvalue weighted by Gasteiger charge is -2.38. The maximum atomic E-state index is 14.7. The van der Waals surface area contributed by atoms with E-state index in [4.69, 9.17) is 10.5 Å². The van der Waals surface area contributed by atoms with Gasteiger partial charge >= 0.3 is 0 Å². The van der Waals surface area contributed by atoms with Crippen LogP contribution in [-0.2, 0) is 35.2 Å². The van der Waals surface area contributed by atoms with Gasteiger partial charge in [-0.05, 0) is 93.4 Å². The van der Waals surface area contributed by atoms with Gasteiger partial charge in [0, 0.05) is 92.9 Å². The lowest BCUT2D eigenvalue weighted by atomic mass is 9.98. The van der Waals surface area contributed by atoms with E-state index in [0.29, 0.717) is 21.6 Å². The number of rotatable bonds is 13. The highest BCUT2D eigenvalue weighted by molar-refractivity contribution is 7.17. The molecule has 6 heterocycles. The maximum absolute atomic E-state index is 14.7. The summed E-state index contributed by atoms with van der Waals surface area (Å²) in [6.07, 6.45) is -9.25. The molecule has 0 saturated carbocycles. The van der Waals surface area contributed by atoms with E-state index in [-0.39, 0.29) is 42.1 Å². The summed E-state index contributed by atoms with van der Waals surface area (Å²) in [4.78, 5) is 108. The summed E-state index contributed by atoms with van der Waals surface area (Å²) in [5.41, 5.74) is 8.79. The van der Waals surface area contributed by atoms with Gasteiger partial charge in [-0.25, -0.2) is 0 Å². The van der Waals surface area contributed by atoms with Gasteiger partial charge in [0.05, 0.1) is 43.7 Å². The highest BCUT2D eigenvalue weighted by Crippen LogP contribution is 2.34. The van der Waals surface area contributed by atoms with Crippen LogP contribution >= 0.6 is 11.3 Å². The third-order valence-corrected chi connectivity index (χ3v) is 17.8. The molecular formula is C58H76N12O15S. The quantitative estimate of drug-likeness (QED) is 0.0642. The number of β-amino-alcohol motifs (C(OH)–C–C–N with tert-alkyl or cyclic N) is 1. The normalized spacial score (nSPS) is 28.4. The summed E-state index contributed by atoms with van der Waals surface area (Å²) in [7, 11) is 1.28. The number of ether oxygens (including phenoxy) is 1. The molecule has 28 heteroatoms. The van der Waals surface area contributed by atoms with Crippen LogP contribution in [0.3, 0.4) is 0 Å². The summed E-state index contributed by atoms with van der Waals surface area (Å²) in [5.74, 6) is -8.49. The van der Waals surface area contributed by atoms with Crippen molar-refractivity contribution in [3.05, 3.63) is 77.9 Å². The fourth-order valence-electron chi connectivity index (χ4n) is 12.0. The molecule has 0 radical (unpaired) electrons. The first-order chi connectivity index (χ1) is 41.1. The smallest absolute Gasteiger partial charge is 0.251 e. The van der Waals surface area contributed by atoms with Crippen LogP contribution in [-0.4, -0.2) is 240 Å². The first-order valence-corrected chi connectivity index (χ1v) is 29.7. The Kier molecular flexibility index (Phi) is 20.2. The van der Waals surface area contributed by atoms with E-state index in [2.05, 4.69) is 58.7 Å². The fraction of sp³-hybridized carbons (Fsp3) is 0.534. The van der Waals surface area contributed by atoms with Crippen molar-refractivity contribution in [2.75, 3.05) is 64.4 Å². The Morgan fingerprint density at radius 3 is 2.10 bits per heavy atom. The van der Waals surface area contributed by atoms with Gasteiger partial charge in [-0.2, -0.15) is 0 Å². The molecule has 86 heavy (non-hydrogen) atoms. The molecule has 9 rings (SSSR count). The number of amides is 7. The van der Waals surface area contributed by atoms with Crippen LogP contribution in [0.4, 0.5) is 5.69 Å². The van der Waals surface area contributed by atoms with Gasteiger partial charge in [0.15, 0.2) is 11.5 Å². The molecule has 3 aromatic carbocycles. The molecule has 27 nitrogen and oxygen atoms in total. The van der Waals surface area contributed by atoms with Gasteiger partial charge < -0.3 is 87.5 Å². The lowest BCUT2D eigenvalue weighted by Crippen LogP contribution is -2.64. The Balaban J connectivity index is 0.975. The SMILES string of the molecule is COc1cc(C[C@@H](O)[C@@H]2NC(=O)[C@@H]3C[C@@H](O)CN3C(=O)[C@H]([C@@H](C)O)NC(=O)[C@@H](NC(=O)c3ccc(-c4nnc(-c5ccc(N6CCN7CCCC7C6)cc5)s4)cc3)C[C@@H](O)CNC(=O)[C@@H]3[C@@H](O)[C@@H](C)CN3C(=O)[C@H]([C@H](O)CCN)NC2=O)ccc1O. The second-order valence-corrected chi connectivity index (χ2v) is 23.9. The summed E-state index contributed by atoms with van der Waals surface area (Å²) in [5, 5.41) is 101. The molecule has 464 valence electrons. The second-order valence-electron chi connectivity index (χ2n) is 22.9. The van der Waals surface area contributed by atoms with E-state index in [1.54, 1.807) is 19.1 Å². The average molecular weight is 1210 g/mol. The molecule has 7 amide bonds. The third kappa shape index (κ3) is 14.2. The number of piperazine rings is 1. The molecule has 0 aliphatic carbocycles. The van der Waals surface area contributed by atoms with Crippen LogP contribution in [0.1, 0.15) is 61.9 Å². The van der Waals surface area contributed by atoms with Gasteiger partial charge in [-0.15, -0.1) is 10.2 Å². The number of phenols is 1. The number of aromatic hydroxyl groups is 1. The number of phenolic OH excluding ortho intramolecular Hbond substituents is 1. The van der Waals surface area contributed by atoms with E-state index < -0.39 is 152 Å². The van der Waals surface area contributed by atoms with Crippen molar-refractivity contribution in [3.8, 4) is 32.6 Å². The molecule has 0 bridgehead atoms. The Labute approximate surface area is 499 Å². The van der Waals surface area contributed by atoms with Gasteiger partial charge in [0.1, 0.15) is 46.3 Å². The van der Waals surface area contributed by atoms with Crippen molar-refractivity contribution in [2.24, 2.45) is 11.7 Å². The van der Waals surface area contributed by atoms with Crippen molar-refractivity contribution in [2.45, 2.75) is 131 Å². The van der Waals surface area contributed by atoms with Crippen molar-refractivity contribution in [1.29, 1.82) is 0 Å².